The Bertz CT molecular complexity index is 4820. The van der Waals surface area contributed by atoms with E-state index >= 15 is 0 Å². The first-order chi connectivity index (χ1) is 54.5. The third-order valence-corrected chi connectivity index (χ3v) is 17.2. The molecule has 0 aliphatic rings. The normalized spacial score (nSPS) is 12.1. The number of ether oxygens (including phenoxy) is 11. The van der Waals surface area contributed by atoms with E-state index in [1.54, 1.807) is 79.8 Å². The van der Waals surface area contributed by atoms with E-state index in [0.717, 1.165) is 45.0 Å². The van der Waals surface area contributed by atoms with Gasteiger partial charge in [-0.05, 0) is 145 Å². The molecule has 0 amide bonds. The molecule has 4 aromatic carbocycles. The maximum atomic E-state index is 11.7. The van der Waals surface area contributed by atoms with Crippen LogP contribution in [-0.4, -0.2) is 111 Å². The molecule has 4 aromatic heterocycles. The quantitative estimate of drug-likeness (QED) is 0.0178. The van der Waals surface area contributed by atoms with Crippen LogP contribution in [0.3, 0.4) is 0 Å². The summed E-state index contributed by atoms with van der Waals surface area (Å²) in [6, 6.07) is 47.3. The van der Waals surface area contributed by atoms with Gasteiger partial charge in [-0.1, -0.05) is 187 Å². The highest BCUT2D eigenvalue weighted by molar-refractivity contribution is 5.97. The minimum Gasteiger partial charge on any atom is -0.454 e. The summed E-state index contributed by atoms with van der Waals surface area (Å²) < 4.78 is 63.4. The molecule has 0 aliphatic carbocycles. The number of carbonyl (C=O) groups excluding carboxylic acids is 4. The molecule has 27 nitrogen and oxygen atoms in total. The Kier molecular flexibility index (Phi) is 34.6. The van der Waals surface area contributed by atoms with Crippen molar-refractivity contribution in [2.45, 2.75) is 179 Å². The third kappa shape index (κ3) is 27.8. The van der Waals surface area contributed by atoms with Gasteiger partial charge in [0.25, 0.3) is 0 Å². The summed E-state index contributed by atoms with van der Waals surface area (Å²) in [6.07, 6.45) is -1.81. The zero-order valence-corrected chi connectivity index (χ0v) is 71.6. The number of allylic oxidation sites excluding steroid dienone is 4. The number of benzene rings is 4. The van der Waals surface area contributed by atoms with Crippen LogP contribution in [0.25, 0.3) is 45.3 Å². The van der Waals surface area contributed by atoms with Gasteiger partial charge in [-0.15, -0.1) is 0 Å². The minimum atomic E-state index is -0.867. The number of aromatic nitrogens is 8. The standard InChI is InChI=1S/C23H29N3O4.C23H29N3O3.C22H27N3O4.C21H25N3O4/c1-15(2)30-22(27)29-14-28-21(20-12-16(3)25-26(20)7)19(13-24)17-8-10-18(11-9-17)23(4,5)6;1-7-8-21(27)28-15-29-22(20-13-16(2)25-26(20)6)19(14-24)17-9-11-18(12-10-17)23(3,4)5;1-7-27-21(26)29-14-28-20(19-12-15(2)24-25(19)6)18(13-23)16-8-10-17(11-9-16)22(3,4)5;1-14-11-18(24(5)23-14)19(27-13-28-20(25)26-6)17(12-22)15-7-9-16(10-8-15)21(2,3)4/h8-12,15H,14H2,1-7H3;9-13H,7-8,15H2,1-6H3;8-12H,7,14H2,1-6H3;7-11H,13H2,1-6H3/b21-19-;22-19-;20-18-;19-17-. The van der Waals surface area contributed by atoms with Crippen molar-refractivity contribution in [3.05, 3.63) is 211 Å². The van der Waals surface area contributed by atoms with Crippen molar-refractivity contribution in [2.75, 3.05) is 40.9 Å². The SMILES string of the molecule is CCCC(=O)OCO/C(=C(/C#N)c1ccc(C(C)(C)C)cc1)c1cc(C)nn1C.CCOC(=O)OCO/C(=C(/C#N)c1ccc(C(C)(C)C)cc1)c1cc(C)nn1C.COC(=O)OCO/C(=C(/C#N)c1ccc(C(C)(C)C)cc1)c1cc(C)nn1C.Cc1cc(/C(OCOC(=O)OC(C)C)=C(\C#N)c2ccc(C(C)(C)C)cc2)n(C)n1. The van der Waals surface area contributed by atoms with E-state index in [-0.39, 0.29) is 71.2 Å². The fraction of sp³-hybridized carbons (Fsp3) is 0.416. The van der Waals surface area contributed by atoms with Gasteiger partial charge in [-0.2, -0.15) is 41.4 Å². The summed E-state index contributed by atoms with van der Waals surface area (Å²) in [4.78, 5) is 46.0. The van der Waals surface area contributed by atoms with E-state index in [4.69, 9.17) is 47.4 Å². The van der Waals surface area contributed by atoms with Crippen LogP contribution < -0.4 is 0 Å². The van der Waals surface area contributed by atoms with E-state index < -0.39 is 32.1 Å². The maximum Gasteiger partial charge on any atom is 0.511 e. The highest BCUT2D eigenvalue weighted by atomic mass is 16.8. The Morgan fingerprint density at radius 3 is 0.810 bits per heavy atom. The molecular formula is C89H110N12O15. The van der Waals surface area contributed by atoms with Crippen molar-refractivity contribution in [2.24, 2.45) is 28.2 Å². The molecule has 0 spiro atoms. The number of esters is 1. The Hall–Kier alpha value is -12.9. The number of hydrogen-bond acceptors (Lipinski definition) is 23. The molecule has 0 atom stereocenters. The van der Waals surface area contributed by atoms with Crippen LogP contribution in [0.1, 0.15) is 214 Å². The molecular weight excluding hydrogens is 1480 g/mol. The molecule has 116 heavy (non-hydrogen) atoms. The molecule has 0 saturated carbocycles. The van der Waals surface area contributed by atoms with E-state index in [1.165, 1.54) is 12.7 Å². The molecule has 0 N–H and O–H groups in total. The van der Waals surface area contributed by atoms with Gasteiger partial charge < -0.3 is 52.1 Å². The fourth-order valence-corrected chi connectivity index (χ4v) is 11.2. The van der Waals surface area contributed by atoms with Crippen molar-refractivity contribution in [3.8, 4) is 24.3 Å². The molecule has 0 radical (unpaired) electrons. The molecule has 0 aliphatic heterocycles. The zero-order chi connectivity index (χ0) is 86.6. The van der Waals surface area contributed by atoms with Crippen LogP contribution in [0.4, 0.5) is 14.4 Å². The van der Waals surface area contributed by atoms with Crippen LogP contribution in [0.2, 0.25) is 0 Å². The minimum absolute atomic E-state index is 0.00100. The van der Waals surface area contributed by atoms with Gasteiger partial charge in [0, 0.05) is 34.6 Å². The molecule has 27 heteroatoms. The fourth-order valence-electron chi connectivity index (χ4n) is 11.2. The second-order valence-corrected chi connectivity index (χ2v) is 31.1. The average Bonchev–Trinajstić information content (AvgIpc) is 1.52. The summed E-state index contributed by atoms with van der Waals surface area (Å²) in [5.74, 6) is 0.840. The van der Waals surface area contributed by atoms with E-state index in [1.807, 2.05) is 144 Å². The number of nitrogens with zero attached hydrogens (tertiary/aromatic N) is 12. The number of aryl methyl sites for hydroxylation is 8. The smallest absolute Gasteiger partial charge is 0.454 e. The second-order valence-electron chi connectivity index (χ2n) is 31.1. The lowest BCUT2D eigenvalue weighted by atomic mass is 9.86. The average molecular weight is 1590 g/mol. The van der Waals surface area contributed by atoms with Crippen LogP contribution >= 0.6 is 0 Å². The summed E-state index contributed by atoms with van der Waals surface area (Å²) >= 11 is 0. The first-order valence-corrected chi connectivity index (χ1v) is 37.6. The molecule has 8 rings (SSSR count). The Labute approximate surface area is 681 Å². The molecule has 616 valence electrons. The van der Waals surface area contributed by atoms with Gasteiger partial charge in [-0.25, -0.2) is 14.4 Å². The van der Waals surface area contributed by atoms with Gasteiger partial charge in [0.15, 0.2) is 23.0 Å². The summed E-state index contributed by atoms with van der Waals surface area (Å²) in [5.41, 5.74) is 14.4. The van der Waals surface area contributed by atoms with Crippen LogP contribution in [0.15, 0.2) is 121 Å². The summed E-state index contributed by atoms with van der Waals surface area (Å²) in [5, 5.41) is 56.9. The maximum absolute atomic E-state index is 11.7. The lowest BCUT2D eigenvalue weighted by Crippen LogP contribution is -2.15. The van der Waals surface area contributed by atoms with Crippen molar-refractivity contribution < 1.29 is 71.3 Å². The van der Waals surface area contributed by atoms with Gasteiger partial charge in [0.1, 0.15) is 69.3 Å². The number of nitriles is 4. The molecule has 0 saturated heterocycles. The lowest BCUT2D eigenvalue weighted by Gasteiger charge is -2.19. The molecule has 8 aromatic rings. The molecule has 4 heterocycles. The molecule has 0 fully saturated rings. The van der Waals surface area contributed by atoms with Crippen LogP contribution in [0.5, 0.6) is 0 Å². The van der Waals surface area contributed by atoms with Gasteiger partial charge >= 0.3 is 24.4 Å². The number of rotatable bonds is 24. The number of methoxy groups -OCH3 is 1. The predicted octanol–water partition coefficient (Wildman–Crippen LogP) is 18.4. The summed E-state index contributed by atoms with van der Waals surface area (Å²) in [7, 11) is 8.27. The van der Waals surface area contributed by atoms with E-state index in [0.29, 0.717) is 80.4 Å². The van der Waals surface area contributed by atoms with Crippen molar-refractivity contribution >= 4 is 69.8 Å². The topological polar surface area (TPSA) is 336 Å². The largest absolute Gasteiger partial charge is 0.511 e. The van der Waals surface area contributed by atoms with E-state index in [2.05, 4.69) is 132 Å². The third-order valence-electron chi connectivity index (χ3n) is 17.2. The van der Waals surface area contributed by atoms with Gasteiger partial charge in [0.2, 0.25) is 27.2 Å². The first kappa shape index (κ1) is 93.7. The summed E-state index contributed by atoms with van der Waals surface area (Å²) in [6.45, 7) is 38.8. The second kappa shape index (κ2) is 42.8. The zero-order valence-electron chi connectivity index (χ0n) is 71.6. The highest BCUT2D eigenvalue weighted by Gasteiger charge is 2.26. The molecule has 0 unspecified atom stereocenters. The van der Waals surface area contributed by atoms with Crippen molar-refractivity contribution in [1.29, 1.82) is 21.0 Å². The molecule has 0 bridgehead atoms. The Balaban J connectivity index is 0.000000276. The van der Waals surface area contributed by atoms with Crippen LogP contribution in [0, 0.1) is 73.0 Å². The van der Waals surface area contributed by atoms with Crippen LogP contribution in [-0.2, 0) is 107 Å². The van der Waals surface area contributed by atoms with Crippen molar-refractivity contribution in [3.63, 3.8) is 0 Å². The predicted molar refractivity (Wildman–Crippen MR) is 441 cm³/mol. The Morgan fingerprint density at radius 1 is 0.371 bits per heavy atom. The monoisotopic (exact) mass is 1590 g/mol. The number of hydrogen-bond donors (Lipinski definition) is 0. The van der Waals surface area contributed by atoms with E-state index in [9.17, 15) is 40.2 Å². The lowest BCUT2D eigenvalue weighted by molar-refractivity contribution is -0.151. The van der Waals surface area contributed by atoms with Crippen molar-refractivity contribution in [1.82, 2.24) is 39.1 Å². The Morgan fingerprint density at radius 2 is 0.612 bits per heavy atom. The van der Waals surface area contributed by atoms with Gasteiger partial charge in [0.05, 0.1) is 42.6 Å². The van der Waals surface area contributed by atoms with Gasteiger partial charge in [-0.3, -0.25) is 23.5 Å². The highest BCUT2D eigenvalue weighted by Crippen LogP contribution is 2.36. The number of carbonyl (C=O) groups is 4. The first-order valence-electron chi connectivity index (χ1n) is 37.6.